The van der Waals surface area contributed by atoms with Crippen molar-refractivity contribution in [2.75, 3.05) is 30.3 Å². The zero-order chi connectivity index (χ0) is 27.2. The summed E-state index contributed by atoms with van der Waals surface area (Å²) in [5.41, 5.74) is 6.31. The summed E-state index contributed by atoms with van der Waals surface area (Å²) in [7, 11) is 0. The first-order chi connectivity index (χ1) is 19.0. The second kappa shape index (κ2) is 12.1. The summed E-state index contributed by atoms with van der Waals surface area (Å²) in [4.78, 5) is 27.4. The molecule has 0 radical (unpaired) electrons. The smallest absolute Gasteiger partial charge is 0.296 e. The second-order valence-electron chi connectivity index (χ2n) is 9.78. The highest BCUT2D eigenvalue weighted by Crippen LogP contribution is 2.38. The SMILES string of the molecule is O=C(C#Cc1ccc2c(c1)NC(=O)/C2=C(\Nc1ccc(CN2CCCC2)cc1)C1=CC=CCC1)NCC(F)F. The van der Waals surface area contributed by atoms with E-state index in [0.29, 0.717) is 16.8 Å². The number of rotatable bonds is 7. The molecule has 6 nitrogen and oxygen atoms in total. The third-order valence-electron chi connectivity index (χ3n) is 6.91. The van der Waals surface area contributed by atoms with Crippen molar-refractivity contribution in [1.82, 2.24) is 10.2 Å². The van der Waals surface area contributed by atoms with E-state index in [4.69, 9.17) is 0 Å². The third kappa shape index (κ3) is 6.62. The molecule has 5 rings (SSSR count). The number of fused-ring (bicyclic) bond motifs is 1. The van der Waals surface area contributed by atoms with Crippen molar-refractivity contribution in [3.63, 3.8) is 0 Å². The van der Waals surface area contributed by atoms with Gasteiger partial charge in [0, 0.05) is 29.3 Å². The molecule has 1 aliphatic carbocycles. The van der Waals surface area contributed by atoms with Gasteiger partial charge >= 0.3 is 0 Å². The fourth-order valence-corrected chi connectivity index (χ4v) is 4.99. The summed E-state index contributed by atoms with van der Waals surface area (Å²) >= 11 is 0. The van der Waals surface area contributed by atoms with Crippen molar-refractivity contribution in [2.24, 2.45) is 0 Å². The molecule has 0 saturated carbocycles. The highest BCUT2D eigenvalue weighted by atomic mass is 19.3. The van der Waals surface area contributed by atoms with Crippen LogP contribution in [0.2, 0.25) is 0 Å². The number of carbonyl (C=O) groups excluding carboxylic acids is 2. The van der Waals surface area contributed by atoms with E-state index in [2.05, 4.69) is 63.0 Å². The maximum Gasteiger partial charge on any atom is 0.296 e. The van der Waals surface area contributed by atoms with Gasteiger partial charge in [0.15, 0.2) is 0 Å². The number of nitrogens with zero attached hydrogens (tertiary/aromatic N) is 1. The lowest BCUT2D eigenvalue weighted by Gasteiger charge is -2.19. The normalized spacial score (nSPS) is 17.7. The molecule has 0 aromatic heterocycles. The van der Waals surface area contributed by atoms with E-state index in [1.807, 2.05) is 12.2 Å². The van der Waals surface area contributed by atoms with Crippen LogP contribution in [-0.2, 0) is 16.1 Å². The Hall–Kier alpha value is -4.22. The standard InChI is InChI=1S/C31H30F2N4O2/c32-27(33)19-34-28(38)15-11-21-10-14-25-26(18-21)36-31(39)29(25)30(23-6-2-1-3-7-23)35-24-12-8-22(9-13-24)20-37-16-4-5-17-37/h1-2,6,8-10,12-14,18,27,35H,3-5,7,16-17,19-20H2,(H,34,38)(H,36,39)/b30-29-. The number of hydrogen-bond acceptors (Lipinski definition) is 4. The Kier molecular flexibility index (Phi) is 8.18. The number of hydrogen-bond donors (Lipinski definition) is 3. The molecule has 1 fully saturated rings. The summed E-state index contributed by atoms with van der Waals surface area (Å²) in [6.45, 7) is 2.49. The second-order valence-corrected chi connectivity index (χ2v) is 9.78. The lowest BCUT2D eigenvalue weighted by molar-refractivity contribution is -0.116. The summed E-state index contributed by atoms with van der Waals surface area (Å²) in [6, 6.07) is 13.6. The molecule has 3 aliphatic rings. The largest absolute Gasteiger partial charge is 0.355 e. The van der Waals surface area contributed by atoms with Gasteiger partial charge in [-0.05, 0) is 74.2 Å². The van der Waals surface area contributed by atoms with Gasteiger partial charge in [-0.1, -0.05) is 42.3 Å². The minimum atomic E-state index is -2.64. The van der Waals surface area contributed by atoms with Crippen LogP contribution in [0.1, 0.15) is 42.4 Å². The van der Waals surface area contributed by atoms with Gasteiger partial charge in [0.1, 0.15) is 0 Å². The Morgan fingerprint density at radius 1 is 1.10 bits per heavy atom. The number of halogens is 2. The van der Waals surface area contributed by atoms with E-state index in [0.717, 1.165) is 55.0 Å². The number of nitrogens with one attached hydrogen (secondary N) is 3. The van der Waals surface area contributed by atoms with Crippen LogP contribution in [0, 0.1) is 11.8 Å². The molecule has 2 aliphatic heterocycles. The van der Waals surface area contributed by atoms with Gasteiger partial charge in [0.05, 0.1) is 23.5 Å². The molecule has 0 atom stereocenters. The number of allylic oxidation sites excluding steroid dienone is 4. The quantitative estimate of drug-likeness (QED) is 0.347. The third-order valence-corrected chi connectivity index (χ3v) is 6.91. The summed E-state index contributed by atoms with van der Waals surface area (Å²) in [5, 5.41) is 8.49. The summed E-state index contributed by atoms with van der Waals surface area (Å²) < 4.78 is 24.6. The van der Waals surface area contributed by atoms with E-state index >= 15 is 0 Å². The first-order valence-electron chi connectivity index (χ1n) is 13.2. The Labute approximate surface area is 226 Å². The molecule has 39 heavy (non-hydrogen) atoms. The average molecular weight is 529 g/mol. The molecule has 2 aromatic carbocycles. The van der Waals surface area contributed by atoms with Gasteiger partial charge in [-0.3, -0.25) is 14.5 Å². The molecule has 3 N–H and O–H groups in total. The topological polar surface area (TPSA) is 73.5 Å². The molecule has 2 aromatic rings. The first-order valence-corrected chi connectivity index (χ1v) is 13.2. The van der Waals surface area contributed by atoms with Crippen molar-refractivity contribution >= 4 is 28.8 Å². The molecule has 0 bridgehead atoms. The molecule has 0 unspecified atom stereocenters. The molecule has 8 heteroatoms. The molecule has 2 heterocycles. The number of alkyl halides is 2. The molecule has 1 saturated heterocycles. The van der Waals surface area contributed by atoms with Gasteiger partial charge in [0.25, 0.3) is 18.2 Å². The Balaban J connectivity index is 1.41. The monoisotopic (exact) mass is 528 g/mol. The van der Waals surface area contributed by atoms with Gasteiger partial charge in [0.2, 0.25) is 0 Å². The lowest BCUT2D eigenvalue weighted by Crippen LogP contribution is -2.26. The first kappa shape index (κ1) is 26.4. The van der Waals surface area contributed by atoms with Crippen molar-refractivity contribution < 1.29 is 18.4 Å². The molecule has 0 spiro atoms. The van der Waals surface area contributed by atoms with Crippen LogP contribution in [0.15, 0.2) is 72.0 Å². The van der Waals surface area contributed by atoms with Crippen LogP contribution < -0.4 is 16.0 Å². The molecule has 200 valence electrons. The number of likely N-dealkylation sites (tertiary alicyclic amines) is 1. The van der Waals surface area contributed by atoms with Gasteiger partial charge < -0.3 is 16.0 Å². The zero-order valence-electron chi connectivity index (χ0n) is 21.5. The average Bonchev–Trinajstić information content (AvgIpc) is 3.57. The van der Waals surface area contributed by atoms with Gasteiger partial charge in [-0.2, -0.15) is 0 Å². The van der Waals surface area contributed by atoms with Crippen LogP contribution in [0.4, 0.5) is 20.2 Å². The van der Waals surface area contributed by atoms with Gasteiger partial charge in [-0.25, -0.2) is 8.78 Å². The van der Waals surface area contributed by atoms with E-state index < -0.39 is 18.9 Å². The number of amides is 2. The fourth-order valence-electron chi connectivity index (χ4n) is 4.99. The van der Waals surface area contributed by atoms with Crippen molar-refractivity contribution in [3.8, 4) is 11.8 Å². The number of benzene rings is 2. The highest BCUT2D eigenvalue weighted by Gasteiger charge is 2.29. The van der Waals surface area contributed by atoms with Crippen molar-refractivity contribution in [1.29, 1.82) is 0 Å². The molecular weight excluding hydrogens is 498 g/mol. The van der Waals surface area contributed by atoms with Crippen LogP contribution >= 0.6 is 0 Å². The van der Waals surface area contributed by atoms with Crippen molar-refractivity contribution in [2.45, 2.75) is 38.7 Å². The van der Waals surface area contributed by atoms with Crippen LogP contribution in [0.3, 0.4) is 0 Å². The van der Waals surface area contributed by atoms with E-state index in [9.17, 15) is 18.4 Å². The van der Waals surface area contributed by atoms with Crippen LogP contribution in [0.5, 0.6) is 0 Å². The number of carbonyl (C=O) groups is 2. The lowest BCUT2D eigenvalue weighted by atomic mass is 9.94. The molecule has 2 amide bonds. The minimum Gasteiger partial charge on any atom is -0.355 e. The van der Waals surface area contributed by atoms with Crippen LogP contribution in [-0.4, -0.2) is 42.8 Å². The van der Waals surface area contributed by atoms with E-state index in [1.165, 1.54) is 18.4 Å². The predicted molar refractivity (Wildman–Crippen MR) is 149 cm³/mol. The van der Waals surface area contributed by atoms with Gasteiger partial charge in [-0.15, -0.1) is 0 Å². The fraction of sp³-hybridized carbons (Fsp3) is 0.290. The van der Waals surface area contributed by atoms with E-state index in [1.54, 1.807) is 18.2 Å². The Morgan fingerprint density at radius 2 is 1.90 bits per heavy atom. The minimum absolute atomic E-state index is 0.228. The maximum absolute atomic E-state index is 13.2. The Bertz CT molecular complexity index is 1410. The Morgan fingerprint density at radius 3 is 2.62 bits per heavy atom. The highest BCUT2D eigenvalue weighted by molar-refractivity contribution is 6.33. The molecular formula is C31H30F2N4O2. The summed E-state index contributed by atoms with van der Waals surface area (Å²) in [5.74, 6) is 3.98. The number of anilines is 2. The zero-order valence-corrected chi connectivity index (χ0v) is 21.5. The van der Waals surface area contributed by atoms with Crippen LogP contribution in [0.25, 0.3) is 5.57 Å². The predicted octanol–water partition coefficient (Wildman–Crippen LogP) is 5.07. The summed E-state index contributed by atoms with van der Waals surface area (Å²) in [6.07, 6.45) is 7.70. The van der Waals surface area contributed by atoms with E-state index in [-0.39, 0.29) is 5.91 Å². The van der Waals surface area contributed by atoms with Crippen molar-refractivity contribution in [3.05, 3.63) is 88.7 Å². The maximum atomic E-state index is 13.2.